The van der Waals surface area contributed by atoms with Gasteiger partial charge >= 0.3 is 0 Å². The van der Waals surface area contributed by atoms with Gasteiger partial charge in [-0.1, -0.05) is 28.2 Å². The van der Waals surface area contributed by atoms with Crippen molar-refractivity contribution in [3.8, 4) is 0 Å². The van der Waals surface area contributed by atoms with E-state index in [1.165, 1.54) is 12.8 Å². The molecular formula is C14H29ClO. The molecule has 98 valence electrons. The highest BCUT2D eigenvalue weighted by molar-refractivity contribution is 6.20. The third-order valence-electron chi connectivity index (χ3n) is 3.03. The molecule has 1 rings (SSSR count). The number of ether oxygens (including phenoxy) is 1. The molecule has 16 heavy (non-hydrogen) atoms. The van der Waals surface area contributed by atoms with Crippen molar-refractivity contribution in [2.24, 2.45) is 5.41 Å². The Morgan fingerprint density at radius 1 is 1.12 bits per heavy atom. The standard InChI is InChI=1S/C13H25ClO.CH4/c1-13(2,3)9-4-10-15-12-7-5-11(14)6-8-12;/h11-12H,4-10H2,1-3H3;1H4. The Balaban J connectivity index is 0.00000225. The third kappa shape index (κ3) is 7.51. The number of halogens is 1. The summed E-state index contributed by atoms with van der Waals surface area (Å²) in [6.07, 6.45) is 7.49. The predicted octanol–water partition coefficient (Wildman–Crippen LogP) is 5.02. The Bertz CT molecular complexity index is 166. The quantitative estimate of drug-likeness (QED) is 0.502. The second-order valence-corrected chi connectivity index (χ2v) is 6.53. The van der Waals surface area contributed by atoms with Gasteiger partial charge in [-0.25, -0.2) is 0 Å². The molecule has 0 bridgehead atoms. The van der Waals surface area contributed by atoms with Gasteiger partial charge in [0.1, 0.15) is 0 Å². The zero-order valence-electron chi connectivity index (χ0n) is 10.4. The summed E-state index contributed by atoms with van der Waals surface area (Å²) >= 11 is 6.05. The van der Waals surface area contributed by atoms with Crippen LogP contribution < -0.4 is 0 Å². The Kier molecular flexibility index (Phi) is 7.67. The molecule has 0 radical (unpaired) electrons. The van der Waals surface area contributed by atoms with Crippen LogP contribution in [0.5, 0.6) is 0 Å². The van der Waals surface area contributed by atoms with Crippen LogP contribution in [0, 0.1) is 5.41 Å². The highest BCUT2D eigenvalue weighted by Gasteiger charge is 2.19. The van der Waals surface area contributed by atoms with E-state index in [1.807, 2.05) is 0 Å². The van der Waals surface area contributed by atoms with Crippen LogP contribution in [0.1, 0.15) is 66.7 Å². The molecule has 0 heterocycles. The minimum absolute atomic E-state index is 0. The fourth-order valence-corrected chi connectivity index (χ4v) is 2.29. The van der Waals surface area contributed by atoms with Gasteiger partial charge in [0, 0.05) is 12.0 Å². The van der Waals surface area contributed by atoms with Crippen LogP contribution in [0.25, 0.3) is 0 Å². The predicted molar refractivity (Wildman–Crippen MR) is 73.3 cm³/mol. The van der Waals surface area contributed by atoms with Gasteiger partial charge in [0.15, 0.2) is 0 Å². The molecule has 0 aromatic heterocycles. The zero-order chi connectivity index (χ0) is 11.3. The summed E-state index contributed by atoms with van der Waals surface area (Å²) < 4.78 is 5.87. The van der Waals surface area contributed by atoms with E-state index in [9.17, 15) is 0 Å². The van der Waals surface area contributed by atoms with Gasteiger partial charge in [-0.3, -0.25) is 0 Å². The van der Waals surface area contributed by atoms with Gasteiger partial charge in [0.25, 0.3) is 0 Å². The molecule has 1 aliphatic rings. The van der Waals surface area contributed by atoms with Gasteiger partial charge in [-0.15, -0.1) is 11.6 Å². The number of hydrogen-bond donors (Lipinski definition) is 0. The smallest absolute Gasteiger partial charge is 0.0576 e. The lowest BCUT2D eigenvalue weighted by molar-refractivity contribution is 0.0240. The molecule has 0 N–H and O–H groups in total. The van der Waals surface area contributed by atoms with Gasteiger partial charge < -0.3 is 4.74 Å². The summed E-state index contributed by atoms with van der Waals surface area (Å²) in [6.45, 7) is 7.78. The maximum atomic E-state index is 6.05. The second kappa shape index (κ2) is 7.55. The van der Waals surface area contributed by atoms with E-state index in [0.717, 1.165) is 32.3 Å². The molecule has 1 aliphatic carbocycles. The normalized spacial score (nSPS) is 26.2. The SMILES string of the molecule is C.CC(C)(C)CCCOC1CCC(Cl)CC1. The Morgan fingerprint density at radius 2 is 1.69 bits per heavy atom. The van der Waals surface area contributed by atoms with E-state index in [2.05, 4.69) is 20.8 Å². The maximum absolute atomic E-state index is 6.05. The fraction of sp³-hybridized carbons (Fsp3) is 1.00. The van der Waals surface area contributed by atoms with Crippen LogP contribution in [-0.2, 0) is 4.74 Å². The molecule has 0 unspecified atom stereocenters. The van der Waals surface area contributed by atoms with E-state index < -0.39 is 0 Å². The number of alkyl halides is 1. The van der Waals surface area contributed by atoms with Crippen molar-refractivity contribution < 1.29 is 4.74 Å². The van der Waals surface area contributed by atoms with Crippen LogP contribution in [0.15, 0.2) is 0 Å². The first-order valence-electron chi connectivity index (χ1n) is 6.23. The van der Waals surface area contributed by atoms with Crippen molar-refractivity contribution in [2.75, 3.05) is 6.61 Å². The minimum atomic E-state index is 0. The van der Waals surface area contributed by atoms with E-state index in [0.29, 0.717) is 16.9 Å². The molecule has 0 aliphatic heterocycles. The van der Waals surface area contributed by atoms with Crippen LogP contribution in [0.4, 0.5) is 0 Å². The summed E-state index contributed by atoms with van der Waals surface area (Å²) in [5, 5.41) is 0.402. The zero-order valence-corrected chi connectivity index (χ0v) is 11.1. The minimum Gasteiger partial charge on any atom is -0.378 e. The Morgan fingerprint density at radius 3 is 2.19 bits per heavy atom. The van der Waals surface area contributed by atoms with Gasteiger partial charge in [0.2, 0.25) is 0 Å². The largest absolute Gasteiger partial charge is 0.378 e. The van der Waals surface area contributed by atoms with Crippen molar-refractivity contribution in [2.45, 2.75) is 78.2 Å². The lowest BCUT2D eigenvalue weighted by Crippen LogP contribution is -2.22. The van der Waals surface area contributed by atoms with Crippen LogP contribution in [0.3, 0.4) is 0 Å². The highest BCUT2D eigenvalue weighted by atomic mass is 35.5. The van der Waals surface area contributed by atoms with E-state index in [1.54, 1.807) is 0 Å². The second-order valence-electron chi connectivity index (χ2n) is 5.91. The lowest BCUT2D eigenvalue weighted by Gasteiger charge is -2.25. The average Bonchev–Trinajstić information content (AvgIpc) is 2.14. The topological polar surface area (TPSA) is 9.23 Å². The molecule has 0 spiro atoms. The molecule has 0 atom stereocenters. The van der Waals surface area contributed by atoms with Crippen molar-refractivity contribution in [1.29, 1.82) is 0 Å². The summed E-state index contributed by atoms with van der Waals surface area (Å²) in [5.74, 6) is 0. The molecule has 2 heteroatoms. The highest BCUT2D eigenvalue weighted by Crippen LogP contribution is 2.26. The first-order chi connectivity index (χ1) is 6.97. The molecule has 1 fully saturated rings. The fourth-order valence-electron chi connectivity index (χ4n) is 2.04. The molecule has 0 amide bonds. The first-order valence-corrected chi connectivity index (χ1v) is 6.67. The van der Waals surface area contributed by atoms with E-state index in [-0.39, 0.29) is 7.43 Å². The summed E-state index contributed by atoms with van der Waals surface area (Å²) in [5.41, 5.74) is 0.442. The Hall–Kier alpha value is 0.250. The van der Waals surface area contributed by atoms with E-state index >= 15 is 0 Å². The van der Waals surface area contributed by atoms with E-state index in [4.69, 9.17) is 16.3 Å². The third-order valence-corrected chi connectivity index (χ3v) is 3.46. The van der Waals surface area contributed by atoms with Gasteiger partial charge in [0.05, 0.1) is 6.10 Å². The maximum Gasteiger partial charge on any atom is 0.0576 e. The lowest BCUT2D eigenvalue weighted by atomic mass is 9.91. The first kappa shape index (κ1) is 16.2. The van der Waals surface area contributed by atoms with Crippen LogP contribution in [0.2, 0.25) is 0 Å². The van der Waals surface area contributed by atoms with Crippen molar-refractivity contribution in [3.63, 3.8) is 0 Å². The van der Waals surface area contributed by atoms with Crippen molar-refractivity contribution in [3.05, 3.63) is 0 Å². The molecular weight excluding hydrogens is 220 g/mol. The molecule has 0 aromatic carbocycles. The summed E-state index contributed by atoms with van der Waals surface area (Å²) in [7, 11) is 0. The average molecular weight is 249 g/mol. The molecule has 0 aromatic rings. The summed E-state index contributed by atoms with van der Waals surface area (Å²) in [6, 6.07) is 0. The van der Waals surface area contributed by atoms with Crippen molar-refractivity contribution >= 4 is 11.6 Å². The number of rotatable bonds is 4. The molecule has 1 nitrogen and oxygen atoms in total. The molecule has 1 saturated carbocycles. The number of hydrogen-bond acceptors (Lipinski definition) is 1. The van der Waals surface area contributed by atoms with Crippen LogP contribution in [-0.4, -0.2) is 18.1 Å². The van der Waals surface area contributed by atoms with Crippen LogP contribution >= 0.6 is 11.6 Å². The van der Waals surface area contributed by atoms with Crippen molar-refractivity contribution in [1.82, 2.24) is 0 Å². The monoisotopic (exact) mass is 248 g/mol. The van der Waals surface area contributed by atoms with Gasteiger partial charge in [-0.2, -0.15) is 0 Å². The summed E-state index contributed by atoms with van der Waals surface area (Å²) in [4.78, 5) is 0. The molecule has 0 saturated heterocycles. The Labute approximate surface area is 107 Å². The van der Waals surface area contributed by atoms with Gasteiger partial charge in [-0.05, 0) is 43.9 Å².